The summed E-state index contributed by atoms with van der Waals surface area (Å²) in [6.45, 7) is 1.86. The fourth-order valence-corrected chi connectivity index (χ4v) is 2.35. The maximum atomic E-state index is 11.3. The van der Waals surface area contributed by atoms with Crippen LogP contribution in [0.25, 0.3) is 0 Å². The van der Waals surface area contributed by atoms with Crippen LogP contribution in [0.3, 0.4) is 0 Å². The third-order valence-electron chi connectivity index (χ3n) is 2.22. The molecule has 0 saturated carbocycles. The van der Waals surface area contributed by atoms with Gasteiger partial charge in [0.2, 0.25) is 0 Å². The lowest BCUT2D eigenvalue weighted by molar-refractivity contribution is 0.364. The van der Waals surface area contributed by atoms with Crippen LogP contribution in [0.2, 0.25) is 0 Å². The smallest absolute Gasteiger partial charge is 0.301 e. The summed E-state index contributed by atoms with van der Waals surface area (Å²) in [6.07, 6.45) is 0.593. The molecular weight excluding hydrogens is 232 g/mol. The first-order valence-corrected chi connectivity index (χ1v) is 6.11. The van der Waals surface area contributed by atoms with E-state index in [2.05, 4.69) is 0 Å². The van der Waals surface area contributed by atoms with Crippen LogP contribution < -0.4 is 9.47 Å². The average molecular weight is 246 g/mol. The molecule has 0 aromatic heterocycles. The first-order valence-electron chi connectivity index (χ1n) is 4.67. The fourth-order valence-electron chi connectivity index (χ4n) is 1.49. The number of benzene rings is 1. The van der Waals surface area contributed by atoms with Crippen molar-refractivity contribution in [2.45, 2.75) is 18.2 Å². The summed E-state index contributed by atoms with van der Waals surface area (Å²) in [4.78, 5) is -0.322. The van der Waals surface area contributed by atoms with E-state index in [0.29, 0.717) is 12.0 Å². The van der Waals surface area contributed by atoms with Gasteiger partial charge in [0.25, 0.3) is 0 Å². The standard InChI is InChI=1S/C10H14O5S/c1-4-7-5-6-8(14-2)10(9(7)15-3)16(11,12)13/h5-6H,4H2,1-3H3,(H,11,12,13). The van der Waals surface area contributed by atoms with Gasteiger partial charge in [-0.3, -0.25) is 4.55 Å². The van der Waals surface area contributed by atoms with Crippen molar-refractivity contribution in [2.24, 2.45) is 0 Å². The van der Waals surface area contributed by atoms with Crippen LogP contribution in [0.15, 0.2) is 17.0 Å². The van der Waals surface area contributed by atoms with Gasteiger partial charge in [0.15, 0.2) is 4.90 Å². The average Bonchev–Trinajstić information content (AvgIpc) is 2.25. The molecule has 0 amide bonds. The van der Waals surface area contributed by atoms with Crippen LogP contribution in [0.5, 0.6) is 11.5 Å². The summed E-state index contributed by atoms with van der Waals surface area (Å²) >= 11 is 0. The Morgan fingerprint density at radius 1 is 1.25 bits per heavy atom. The van der Waals surface area contributed by atoms with Crippen molar-refractivity contribution in [3.05, 3.63) is 17.7 Å². The molecule has 1 rings (SSSR count). The van der Waals surface area contributed by atoms with Gasteiger partial charge in [-0.1, -0.05) is 13.0 Å². The van der Waals surface area contributed by atoms with Crippen molar-refractivity contribution in [1.29, 1.82) is 0 Å². The molecule has 0 spiro atoms. The highest BCUT2D eigenvalue weighted by Gasteiger charge is 2.24. The molecule has 1 N–H and O–H groups in total. The molecule has 0 atom stereocenters. The summed E-state index contributed by atoms with van der Waals surface area (Å²) in [5, 5.41) is 0. The molecular formula is C10H14O5S. The zero-order valence-corrected chi connectivity index (χ0v) is 10.2. The van der Waals surface area contributed by atoms with Crippen LogP contribution >= 0.6 is 0 Å². The minimum atomic E-state index is -4.37. The molecule has 90 valence electrons. The number of ether oxygens (including phenoxy) is 2. The third-order valence-corrected chi connectivity index (χ3v) is 3.12. The molecule has 16 heavy (non-hydrogen) atoms. The van der Waals surface area contributed by atoms with Gasteiger partial charge in [0, 0.05) is 0 Å². The van der Waals surface area contributed by atoms with Gasteiger partial charge < -0.3 is 9.47 Å². The molecule has 0 aliphatic carbocycles. The van der Waals surface area contributed by atoms with Gasteiger partial charge in [-0.05, 0) is 18.1 Å². The second-order valence-corrected chi connectivity index (χ2v) is 4.48. The maximum absolute atomic E-state index is 11.3. The van der Waals surface area contributed by atoms with Crippen molar-refractivity contribution in [1.82, 2.24) is 0 Å². The quantitative estimate of drug-likeness (QED) is 0.815. The lowest BCUT2D eigenvalue weighted by Crippen LogP contribution is -2.06. The Morgan fingerprint density at radius 2 is 1.88 bits per heavy atom. The van der Waals surface area contributed by atoms with Crippen LogP contribution in [-0.4, -0.2) is 27.2 Å². The van der Waals surface area contributed by atoms with E-state index in [9.17, 15) is 8.42 Å². The van der Waals surface area contributed by atoms with Crippen LogP contribution in [0.1, 0.15) is 12.5 Å². The summed E-state index contributed by atoms with van der Waals surface area (Å²) in [5.74, 6) is 0.195. The van der Waals surface area contributed by atoms with Crippen LogP contribution in [-0.2, 0) is 16.5 Å². The van der Waals surface area contributed by atoms with Gasteiger partial charge in [0.1, 0.15) is 11.5 Å². The number of aryl methyl sites for hydroxylation is 1. The molecule has 0 heterocycles. The van der Waals surface area contributed by atoms with E-state index >= 15 is 0 Å². The number of methoxy groups -OCH3 is 2. The van der Waals surface area contributed by atoms with Gasteiger partial charge in [-0.15, -0.1) is 0 Å². The Bertz CT molecular complexity index is 478. The zero-order chi connectivity index (χ0) is 12.3. The van der Waals surface area contributed by atoms with Gasteiger partial charge in [0.05, 0.1) is 14.2 Å². The maximum Gasteiger partial charge on any atom is 0.301 e. The van der Waals surface area contributed by atoms with Gasteiger partial charge in [-0.2, -0.15) is 8.42 Å². The Balaban J connectivity index is 3.63. The monoisotopic (exact) mass is 246 g/mol. The SMILES string of the molecule is CCc1ccc(OC)c(S(=O)(=O)O)c1OC. The van der Waals surface area contributed by atoms with E-state index in [4.69, 9.17) is 14.0 Å². The molecule has 1 aromatic carbocycles. The summed E-state index contributed by atoms with van der Waals surface area (Å²) in [5.41, 5.74) is 0.691. The zero-order valence-electron chi connectivity index (χ0n) is 9.35. The number of hydrogen-bond donors (Lipinski definition) is 1. The molecule has 0 radical (unpaired) electrons. The normalized spacial score (nSPS) is 11.2. The molecule has 0 fully saturated rings. The van der Waals surface area contributed by atoms with E-state index in [0.717, 1.165) is 0 Å². The van der Waals surface area contributed by atoms with Gasteiger partial charge in [-0.25, -0.2) is 0 Å². The fraction of sp³-hybridized carbons (Fsp3) is 0.400. The highest BCUT2D eigenvalue weighted by Crippen LogP contribution is 2.36. The van der Waals surface area contributed by atoms with Crippen molar-refractivity contribution in [3.8, 4) is 11.5 Å². The Hall–Kier alpha value is -1.27. The van der Waals surface area contributed by atoms with Crippen molar-refractivity contribution < 1.29 is 22.4 Å². The predicted molar refractivity (Wildman–Crippen MR) is 58.7 cm³/mol. The summed E-state index contributed by atoms with van der Waals surface area (Å²) in [7, 11) is -1.69. The van der Waals surface area contributed by atoms with Crippen molar-refractivity contribution in [3.63, 3.8) is 0 Å². The third kappa shape index (κ3) is 2.28. The second-order valence-electron chi connectivity index (χ2n) is 3.12. The molecule has 1 aromatic rings. The minimum Gasteiger partial charge on any atom is -0.495 e. The van der Waals surface area contributed by atoms with Crippen molar-refractivity contribution in [2.75, 3.05) is 14.2 Å². The summed E-state index contributed by atoms with van der Waals surface area (Å²) in [6, 6.07) is 3.19. The van der Waals surface area contributed by atoms with E-state index in [1.54, 1.807) is 6.07 Å². The summed E-state index contributed by atoms with van der Waals surface area (Å²) < 4.78 is 41.6. The molecule has 5 nitrogen and oxygen atoms in total. The first kappa shape index (κ1) is 12.8. The highest BCUT2D eigenvalue weighted by atomic mass is 32.2. The van der Waals surface area contributed by atoms with E-state index in [1.165, 1.54) is 20.3 Å². The lowest BCUT2D eigenvalue weighted by Gasteiger charge is -2.13. The van der Waals surface area contributed by atoms with E-state index < -0.39 is 10.1 Å². The Labute approximate surface area is 94.7 Å². The number of rotatable bonds is 4. The number of hydrogen-bond acceptors (Lipinski definition) is 4. The molecule has 0 aliphatic rings. The molecule has 6 heteroatoms. The van der Waals surface area contributed by atoms with E-state index in [-0.39, 0.29) is 16.4 Å². The Morgan fingerprint density at radius 3 is 2.25 bits per heavy atom. The molecule has 0 saturated heterocycles. The van der Waals surface area contributed by atoms with Crippen molar-refractivity contribution >= 4 is 10.1 Å². The largest absolute Gasteiger partial charge is 0.495 e. The molecule has 0 aliphatic heterocycles. The molecule has 0 bridgehead atoms. The van der Waals surface area contributed by atoms with Crippen LogP contribution in [0.4, 0.5) is 0 Å². The second kappa shape index (κ2) is 4.71. The van der Waals surface area contributed by atoms with Gasteiger partial charge >= 0.3 is 10.1 Å². The topological polar surface area (TPSA) is 72.8 Å². The minimum absolute atomic E-state index is 0.0663. The first-order chi connectivity index (χ1) is 7.45. The Kier molecular flexibility index (Phi) is 3.77. The molecule has 0 unspecified atom stereocenters. The highest BCUT2D eigenvalue weighted by molar-refractivity contribution is 7.86. The predicted octanol–water partition coefficient (Wildman–Crippen LogP) is 1.51. The van der Waals surface area contributed by atoms with E-state index in [1.807, 2.05) is 6.92 Å². The van der Waals surface area contributed by atoms with Crippen LogP contribution in [0, 0.1) is 0 Å². The lowest BCUT2D eigenvalue weighted by atomic mass is 10.1.